The summed E-state index contributed by atoms with van der Waals surface area (Å²) in [5.41, 5.74) is 4.34. The van der Waals surface area contributed by atoms with Crippen LogP contribution < -0.4 is 14.8 Å². The number of nitrogens with zero attached hydrogens (tertiary/aromatic N) is 1. The summed E-state index contributed by atoms with van der Waals surface area (Å²) in [6, 6.07) is 12.1. The number of benzene rings is 2. The normalized spacial score (nSPS) is 16.9. The Morgan fingerprint density at radius 1 is 1.06 bits per heavy atom. The second-order valence-electron chi connectivity index (χ2n) is 9.06. The van der Waals surface area contributed by atoms with Crippen molar-refractivity contribution >= 4 is 5.97 Å². The molecular formula is C27H38N2O6. The van der Waals surface area contributed by atoms with Crippen LogP contribution >= 0.6 is 0 Å². The molecule has 3 rings (SSSR count). The van der Waals surface area contributed by atoms with E-state index in [0.29, 0.717) is 26.2 Å². The maximum atomic E-state index is 10.6. The first-order valence-electron chi connectivity index (χ1n) is 12.3. The summed E-state index contributed by atoms with van der Waals surface area (Å²) in [6.45, 7) is 8.46. The lowest BCUT2D eigenvalue weighted by Gasteiger charge is -2.18. The highest BCUT2D eigenvalue weighted by Gasteiger charge is 2.19. The molecule has 0 aliphatic carbocycles. The zero-order valence-corrected chi connectivity index (χ0v) is 20.7. The van der Waals surface area contributed by atoms with E-state index in [2.05, 4.69) is 29.3 Å². The SMILES string of the molecule is Cc1c(OCCCNC[C@H](O)C(=O)O)cccc1-c1cccc(OCCCN2CC[C@@H](O)C2)c1C. The standard InChI is InChI=1S/C27H38N2O6/c1-19-22(7-3-9-25(19)34-15-5-12-28-17-24(31)27(32)33)23-8-4-10-26(20(23)2)35-16-6-13-29-14-11-21(30)18-29/h3-4,7-10,21,24,28,30-31H,5-6,11-18H2,1-2H3,(H,32,33)/t21-,24+/m1/s1. The number of aliphatic hydroxyl groups excluding tert-OH is 2. The lowest BCUT2D eigenvalue weighted by molar-refractivity contribution is -0.146. The van der Waals surface area contributed by atoms with Crippen LogP contribution in [0.2, 0.25) is 0 Å². The van der Waals surface area contributed by atoms with Crippen LogP contribution in [-0.4, -0.2) is 84.3 Å². The van der Waals surface area contributed by atoms with Crippen molar-refractivity contribution < 1.29 is 29.6 Å². The van der Waals surface area contributed by atoms with Crippen molar-refractivity contribution in [2.24, 2.45) is 0 Å². The molecule has 192 valence electrons. The third-order valence-corrected chi connectivity index (χ3v) is 6.36. The smallest absolute Gasteiger partial charge is 0.333 e. The second-order valence-corrected chi connectivity index (χ2v) is 9.06. The second kappa shape index (κ2) is 13.4. The third kappa shape index (κ3) is 7.93. The number of aliphatic hydroxyl groups is 2. The number of carboxylic acid groups (broad SMARTS) is 1. The van der Waals surface area contributed by atoms with Gasteiger partial charge in [0, 0.05) is 26.2 Å². The number of carbonyl (C=O) groups is 1. The number of hydrogen-bond acceptors (Lipinski definition) is 7. The number of likely N-dealkylation sites (tertiary alicyclic amines) is 1. The molecule has 8 nitrogen and oxygen atoms in total. The number of nitrogens with one attached hydrogen (secondary N) is 1. The van der Waals surface area contributed by atoms with E-state index in [0.717, 1.165) is 66.2 Å². The number of ether oxygens (including phenoxy) is 2. The molecule has 35 heavy (non-hydrogen) atoms. The van der Waals surface area contributed by atoms with Gasteiger partial charge >= 0.3 is 5.97 Å². The van der Waals surface area contributed by atoms with E-state index in [-0.39, 0.29) is 12.6 Å². The van der Waals surface area contributed by atoms with Crippen LogP contribution in [0.3, 0.4) is 0 Å². The fourth-order valence-corrected chi connectivity index (χ4v) is 4.32. The highest BCUT2D eigenvalue weighted by atomic mass is 16.5. The molecule has 0 spiro atoms. The number of aliphatic carboxylic acids is 1. The Morgan fingerprint density at radius 3 is 2.20 bits per heavy atom. The van der Waals surface area contributed by atoms with Gasteiger partial charge in [-0.05, 0) is 74.0 Å². The molecule has 1 fully saturated rings. The molecule has 0 bridgehead atoms. The van der Waals surface area contributed by atoms with Crippen LogP contribution in [0, 0.1) is 13.8 Å². The molecule has 0 amide bonds. The summed E-state index contributed by atoms with van der Waals surface area (Å²) in [4.78, 5) is 12.9. The lowest BCUT2D eigenvalue weighted by atomic mass is 9.95. The van der Waals surface area contributed by atoms with E-state index in [4.69, 9.17) is 14.6 Å². The molecular weight excluding hydrogens is 448 g/mol. The topological polar surface area (TPSA) is 111 Å². The lowest BCUT2D eigenvalue weighted by Crippen LogP contribution is -2.33. The van der Waals surface area contributed by atoms with Gasteiger partial charge in [-0.15, -0.1) is 0 Å². The molecule has 1 aliphatic heterocycles. The van der Waals surface area contributed by atoms with Gasteiger partial charge in [0.2, 0.25) is 0 Å². The third-order valence-electron chi connectivity index (χ3n) is 6.36. The minimum atomic E-state index is -1.39. The van der Waals surface area contributed by atoms with Crippen LogP contribution in [0.15, 0.2) is 36.4 Å². The predicted octanol–water partition coefficient (Wildman–Crippen LogP) is 2.61. The van der Waals surface area contributed by atoms with Gasteiger partial charge in [-0.1, -0.05) is 24.3 Å². The summed E-state index contributed by atoms with van der Waals surface area (Å²) < 4.78 is 12.1. The Hall–Kier alpha value is -2.65. The van der Waals surface area contributed by atoms with Crippen molar-refractivity contribution in [3.05, 3.63) is 47.5 Å². The Morgan fingerprint density at radius 2 is 1.66 bits per heavy atom. The van der Waals surface area contributed by atoms with E-state index >= 15 is 0 Å². The highest BCUT2D eigenvalue weighted by Crippen LogP contribution is 2.35. The largest absolute Gasteiger partial charge is 0.493 e. The molecule has 1 saturated heterocycles. The van der Waals surface area contributed by atoms with E-state index < -0.39 is 12.1 Å². The van der Waals surface area contributed by atoms with Gasteiger partial charge in [-0.25, -0.2) is 4.79 Å². The molecule has 0 radical (unpaired) electrons. The van der Waals surface area contributed by atoms with Gasteiger partial charge in [0.15, 0.2) is 6.10 Å². The zero-order valence-electron chi connectivity index (χ0n) is 20.7. The number of rotatable bonds is 14. The highest BCUT2D eigenvalue weighted by molar-refractivity contribution is 5.74. The molecule has 2 aromatic carbocycles. The summed E-state index contributed by atoms with van der Waals surface area (Å²) in [6.07, 6.45) is 0.888. The van der Waals surface area contributed by atoms with Crippen molar-refractivity contribution in [2.45, 2.75) is 45.3 Å². The predicted molar refractivity (Wildman–Crippen MR) is 135 cm³/mol. The van der Waals surface area contributed by atoms with Gasteiger partial charge in [0.1, 0.15) is 11.5 Å². The van der Waals surface area contributed by atoms with Crippen LogP contribution in [0.4, 0.5) is 0 Å². The Balaban J connectivity index is 1.52. The van der Waals surface area contributed by atoms with E-state index in [1.165, 1.54) is 0 Å². The Labute approximate surface area is 207 Å². The Bertz CT molecular complexity index is 967. The van der Waals surface area contributed by atoms with Crippen LogP contribution in [0.5, 0.6) is 11.5 Å². The minimum Gasteiger partial charge on any atom is -0.493 e. The van der Waals surface area contributed by atoms with Gasteiger partial charge in [-0.2, -0.15) is 0 Å². The van der Waals surface area contributed by atoms with Gasteiger partial charge in [-0.3, -0.25) is 0 Å². The number of β-amino-alcohol motifs (C(OH)–C–C–N with tert-alkyl or cyclic N) is 1. The van der Waals surface area contributed by atoms with Gasteiger partial charge in [0.25, 0.3) is 0 Å². The summed E-state index contributed by atoms with van der Waals surface area (Å²) >= 11 is 0. The minimum absolute atomic E-state index is 0.0168. The van der Waals surface area contributed by atoms with Crippen molar-refractivity contribution in [1.82, 2.24) is 10.2 Å². The maximum Gasteiger partial charge on any atom is 0.333 e. The molecule has 2 aromatic rings. The quantitative estimate of drug-likeness (QED) is 0.302. The van der Waals surface area contributed by atoms with Crippen molar-refractivity contribution in [2.75, 3.05) is 45.9 Å². The Kier molecular flexibility index (Phi) is 10.3. The van der Waals surface area contributed by atoms with Gasteiger partial charge < -0.3 is 35.0 Å². The van der Waals surface area contributed by atoms with Crippen molar-refractivity contribution in [3.8, 4) is 22.6 Å². The van der Waals surface area contributed by atoms with Crippen LogP contribution in [-0.2, 0) is 4.79 Å². The first-order valence-corrected chi connectivity index (χ1v) is 12.3. The number of carboxylic acids is 1. The van der Waals surface area contributed by atoms with Crippen molar-refractivity contribution in [1.29, 1.82) is 0 Å². The monoisotopic (exact) mass is 486 g/mol. The first-order chi connectivity index (χ1) is 16.9. The average molecular weight is 487 g/mol. The molecule has 0 aromatic heterocycles. The van der Waals surface area contributed by atoms with Gasteiger partial charge in [0.05, 0.1) is 19.3 Å². The first kappa shape index (κ1) is 26.9. The molecule has 1 heterocycles. The van der Waals surface area contributed by atoms with Crippen molar-refractivity contribution in [3.63, 3.8) is 0 Å². The molecule has 1 aliphatic rings. The maximum absolute atomic E-state index is 10.6. The molecule has 4 N–H and O–H groups in total. The molecule has 0 unspecified atom stereocenters. The summed E-state index contributed by atoms with van der Waals surface area (Å²) in [5.74, 6) is 0.463. The average Bonchev–Trinajstić information content (AvgIpc) is 3.25. The fraction of sp³-hybridized carbons (Fsp3) is 0.519. The zero-order chi connectivity index (χ0) is 25.2. The summed E-state index contributed by atoms with van der Waals surface area (Å²) in [5, 5.41) is 30.5. The van der Waals surface area contributed by atoms with E-state index in [1.807, 2.05) is 31.2 Å². The van der Waals surface area contributed by atoms with Crippen LogP contribution in [0.1, 0.15) is 30.4 Å². The van der Waals surface area contributed by atoms with E-state index in [9.17, 15) is 15.0 Å². The molecule has 8 heteroatoms. The van der Waals surface area contributed by atoms with E-state index in [1.54, 1.807) is 0 Å². The fourth-order valence-electron chi connectivity index (χ4n) is 4.32. The summed E-state index contributed by atoms with van der Waals surface area (Å²) in [7, 11) is 0. The number of hydrogen-bond donors (Lipinski definition) is 4. The van der Waals surface area contributed by atoms with Crippen LogP contribution in [0.25, 0.3) is 11.1 Å². The molecule has 0 saturated carbocycles. The molecule has 2 atom stereocenters.